The summed E-state index contributed by atoms with van der Waals surface area (Å²) in [6.45, 7) is 0. The predicted octanol–water partition coefficient (Wildman–Crippen LogP) is 2.42. The number of hydrogen-bond acceptors (Lipinski definition) is 6. The summed E-state index contributed by atoms with van der Waals surface area (Å²) in [6.07, 6.45) is 2.68. The topological polar surface area (TPSA) is 124 Å². The van der Waals surface area contributed by atoms with Gasteiger partial charge in [-0.2, -0.15) is 0 Å². The first-order valence-electron chi connectivity index (χ1n) is 9.27. The van der Waals surface area contributed by atoms with Gasteiger partial charge < -0.3 is 25.2 Å². The molecule has 158 valence electrons. The van der Waals surface area contributed by atoms with Gasteiger partial charge in [-0.1, -0.05) is 72.8 Å². The third kappa shape index (κ3) is 4.70. The van der Waals surface area contributed by atoms with Gasteiger partial charge in [-0.3, -0.25) is 4.79 Å². The number of carboxylic acids is 1. The average molecular weight is 420 g/mol. The third-order valence-electron chi connectivity index (χ3n) is 4.53. The molecule has 3 aromatic rings. The van der Waals surface area contributed by atoms with Crippen molar-refractivity contribution >= 4 is 17.8 Å². The van der Waals surface area contributed by atoms with Crippen LogP contribution in [0, 0.1) is 0 Å². The molecule has 1 aliphatic heterocycles. The maximum absolute atomic E-state index is 12.3. The Morgan fingerprint density at radius 2 is 1.35 bits per heavy atom. The lowest BCUT2D eigenvalue weighted by Crippen LogP contribution is -2.56. The average Bonchev–Trinajstić information content (AvgIpc) is 2.78. The van der Waals surface area contributed by atoms with Crippen molar-refractivity contribution in [2.24, 2.45) is 0 Å². The van der Waals surface area contributed by atoms with E-state index in [1.807, 2.05) is 30.3 Å². The predicted molar refractivity (Wildman–Crippen MR) is 112 cm³/mol. The van der Waals surface area contributed by atoms with Gasteiger partial charge in [0.15, 0.2) is 0 Å². The molecule has 1 atom stereocenters. The molecule has 0 bridgehead atoms. The molecule has 0 aliphatic carbocycles. The number of ketones is 1. The zero-order chi connectivity index (χ0) is 22.5. The van der Waals surface area contributed by atoms with Crippen LogP contribution < -0.4 is 4.74 Å². The standard InChI is InChI=1S/C15H12O5.C9H8O2/c16-13-14(17,18)11-8-4-5-9-12(11)20-15(13,19)10-6-2-1-3-7-10;10-9(11)7-6-8-4-2-1-3-5-8/h1-9,17-19H;1-7H,(H,10,11). The molecular formula is C24H20O7. The van der Waals surface area contributed by atoms with Crippen molar-refractivity contribution in [3.63, 3.8) is 0 Å². The zero-order valence-corrected chi connectivity index (χ0v) is 16.3. The Morgan fingerprint density at radius 1 is 0.806 bits per heavy atom. The second-order valence-electron chi connectivity index (χ2n) is 6.69. The normalized spacial score (nSPS) is 19.0. The number of rotatable bonds is 3. The van der Waals surface area contributed by atoms with Crippen molar-refractivity contribution < 1.29 is 34.8 Å². The van der Waals surface area contributed by atoms with Crippen LogP contribution in [0.25, 0.3) is 6.08 Å². The summed E-state index contributed by atoms with van der Waals surface area (Å²) in [5.41, 5.74) is 0.937. The van der Waals surface area contributed by atoms with Crippen LogP contribution in [0.15, 0.2) is 91.0 Å². The minimum atomic E-state index is -2.81. The lowest BCUT2D eigenvalue weighted by atomic mass is 9.88. The van der Waals surface area contributed by atoms with Crippen LogP contribution in [0.1, 0.15) is 16.7 Å². The number of aliphatic carboxylic acids is 1. The first-order chi connectivity index (χ1) is 14.7. The number of Topliss-reactive ketones (excluding diaryl/α,β-unsaturated/α-hetero) is 1. The Kier molecular flexibility index (Phi) is 6.31. The molecule has 4 N–H and O–H groups in total. The Balaban J connectivity index is 0.000000210. The first kappa shape index (κ1) is 21.9. The van der Waals surface area contributed by atoms with Gasteiger partial charge in [-0.15, -0.1) is 0 Å². The highest BCUT2D eigenvalue weighted by Crippen LogP contribution is 2.42. The van der Waals surface area contributed by atoms with E-state index < -0.39 is 23.3 Å². The van der Waals surface area contributed by atoms with Crippen molar-refractivity contribution in [1.82, 2.24) is 0 Å². The van der Waals surface area contributed by atoms with Gasteiger partial charge >= 0.3 is 11.8 Å². The van der Waals surface area contributed by atoms with Gasteiger partial charge in [-0.05, 0) is 23.8 Å². The molecule has 1 unspecified atom stereocenters. The molecule has 0 fully saturated rings. The van der Waals surface area contributed by atoms with Crippen LogP contribution in [0.4, 0.5) is 0 Å². The van der Waals surface area contributed by atoms with E-state index in [9.17, 15) is 24.9 Å². The number of carboxylic acid groups (broad SMARTS) is 1. The molecular weight excluding hydrogens is 400 g/mol. The number of aliphatic hydroxyl groups is 3. The number of benzene rings is 3. The molecule has 0 radical (unpaired) electrons. The quantitative estimate of drug-likeness (QED) is 0.379. The molecule has 7 heteroatoms. The summed E-state index contributed by atoms with van der Waals surface area (Å²) in [6, 6.07) is 23.2. The minimum Gasteiger partial charge on any atom is -0.478 e. The molecule has 1 heterocycles. The molecule has 3 aromatic carbocycles. The second-order valence-corrected chi connectivity index (χ2v) is 6.69. The van der Waals surface area contributed by atoms with Crippen LogP contribution in [0.3, 0.4) is 0 Å². The monoisotopic (exact) mass is 420 g/mol. The molecule has 1 aliphatic rings. The van der Waals surface area contributed by atoms with Gasteiger partial charge in [0, 0.05) is 11.6 Å². The molecule has 0 spiro atoms. The largest absolute Gasteiger partial charge is 0.478 e. The summed E-state index contributed by atoms with van der Waals surface area (Å²) in [5.74, 6) is -7.36. The van der Waals surface area contributed by atoms with E-state index in [0.717, 1.165) is 11.6 Å². The van der Waals surface area contributed by atoms with Crippen molar-refractivity contribution in [1.29, 1.82) is 0 Å². The van der Waals surface area contributed by atoms with Crippen molar-refractivity contribution in [3.05, 3.63) is 108 Å². The molecule has 0 aromatic heterocycles. The van der Waals surface area contributed by atoms with E-state index in [1.165, 1.54) is 24.3 Å². The Labute approximate surface area is 178 Å². The summed E-state index contributed by atoms with van der Waals surface area (Å²) in [4.78, 5) is 22.3. The number of ether oxygens (including phenoxy) is 1. The molecule has 7 nitrogen and oxygen atoms in total. The second kappa shape index (κ2) is 8.93. The van der Waals surface area contributed by atoms with E-state index in [-0.39, 0.29) is 16.9 Å². The van der Waals surface area contributed by atoms with Crippen molar-refractivity contribution in [2.45, 2.75) is 11.6 Å². The van der Waals surface area contributed by atoms with Gasteiger partial charge in [-0.25, -0.2) is 4.79 Å². The summed E-state index contributed by atoms with van der Waals surface area (Å²) in [5, 5.41) is 38.9. The maximum Gasteiger partial charge on any atom is 0.328 e. The fourth-order valence-electron chi connectivity index (χ4n) is 2.99. The van der Waals surface area contributed by atoms with Gasteiger partial charge in [0.1, 0.15) is 5.75 Å². The number of carbonyl (C=O) groups is 2. The van der Waals surface area contributed by atoms with Crippen LogP contribution in [-0.4, -0.2) is 32.2 Å². The maximum atomic E-state index is 12.3. The van der Waals surface area contributed by atoms with Gasteiger partial charge in [0.25, 0.3) is 11.6 Å². The molecule has 0 saturated carbocycles. The van der Waals surface area contributed by atoms with Crippen LogP contribution in [0.2, 0.25) is 0 Å². The van der Waals surface area contributed by atoms with Gasteiger partial charge in [0.2, 0.25) is 0 Å². The first-order valence-corrected chi connectivity index (χ1v) is 9.27. The lowest BCUT2D eigenvalue weighted by Gasteiger charge is -2.38. The van der Waals surface area contributed by atoms with E-state index >= 15 is 0 Å². The number of fused-ring (bicyclic) bond motifs is 1. The highest BCUT2D eigenvalue weighted by Gasteiger charge is 2.57. The summed E-state index contributed by atoms with van der Waals surface area (Å²) < 4.78 is 5.34. The van der Waals surface area contributed by atoms with Crippen LogP contribution in [0.5, 0.6) is 5.75 Å². The Hall–Kier alpha value is -3.78. The highest BCUT2D eigenvalue weighted by atomic mass is 16.6. The number of carbonyl (C=O) groups excluding carboxylic acids is 1. The summed E-state index contributed by atoms with van der Waals surface area (Å²) in [7, 11) is 0. The van der Waals surface area contributed by atoms with E-state index in [1.54, 1.807) is 36.4 Å². The van der Waals surface area contributed by atoms with Crippen molar-refractivity contribution in [3.8, 4) is 5.75 Å². The van der Waals surface area contributed by atoms with Crippen LogP contribution >= 0.6 is 0 Å². The van der Waals surface area contributed by atoms with Crippen LogP contribution in [-0.2, 0) is 21.2 Å². The number of para-hydroxylation sites is 1. The summed E-state index contributed by atoms with van der Waals surface area (Å²) >= 11 is 0. The Morgan fingerprint density at radius 3 is 1.97 bits per heavy atom. The fourth-order valence-corrected chi connectivity index (χ4v) is 2.99. The smallest absolute Gasteiger partial charge is 0.328 e. The highest BCUT2D eigenvalue weighted by molar-refractivity contribution is 5.95. The molecule has 4 rings (SSSR count). The SMILES string of the molecule is O=C(O)C=Cc1ccccc1.O=C1C(O)(O)c2ccccc2OC1(O)c1ccccc1. The van der Waals surface area contributed by atoms with Gasteiger partial charge in [0.05, 0.1) is 5.56 Å². The van der Waals surface area contributed by atoms with E-state index in [4.69, 9.17) is 9.84 Å². The van der Waals surface area contributed by atoms with Crippen molar-refractivity contribution in [2.75, 3.05) is 0 Å². The van der Waals surface area contributed by atoms with E-state index in [2.05, 4.69) is 0 Å². The fraction of sp³-hybridized carbons (Fsp3) is 0.0833. The molecule has 0 amide bonds. The lowest BCUT2D eigenvalue weighted by molar-refractivity contribution is -0.242. The third-order valence-corrected chi connectivity index (χ3v) is 4.53. The molecule has 0 saturated heterocycles. The Bertz CT molecular complexity index is 1090. The van der Waals surface area contributed by atoms with E-state index in [0.29, 0.717) is 0 Å². The molecule has 31 heavy (non-hydrogen) atoms. The number of hydrogen-bond donors (Lipinski definition) is 4. The minimum absolute atomic E-state index is 0.0449. The zero-order valence-electron chi connectivity index (χ0n) is 16.3.